The summed E-state index contributed by atoms with van der Waals surface area (Å²) in [5.74, 6) is 3.24. The number of hydrogen-bond donors (Lipinski definition) is 0. The molecule has 0 radical (unpaired) electrons. The molecule has 3 aromatic rings. The molecular formula is C31H29F2N3O3. The zero-order valence-corrected chi connectivity index (χ0v) is 22.1. The van der Waals surface area contributed by atoms with Crippen LogP contribution in [0, 0.1) is 30.4 Å². The Labute approximate surface area is 226 Å². The van der Waals surface area contributed by atoms with Crippen molar-refractivity contribution in [3.63, 3.8) is 0 Å². The van der Waals surface area contributed by atoms with Crippen LogP contribution in [0.1, 0.15) is 35.6 Å². The third kappa shape index (κ3) is 5.68. The molecule has 0 spiro atoms. The van der Waals surface area contributed by atoms with E-state index in [-0.39, 0.29) is 25.1 Å². The average molecular weight is 530 g/mol. The Morgan fingerprint density at radius 2 is 1.62 bits per heavy atom. The SMILES string of the molecule is Cc1ccccc1CN1CCN(C(=O)N(C)c2c(F)cc(C#Cc3ccccc3)cc2F)C(C)(CC=O)C1=O. The van der Waals surface area contributed by atoms with Crippen molar-refractivity contribution in [2.45, 2.75) is 32.4 Å². The first-order valence-electron chi connectivity index (χ1n) is 12.5. The number of halogens is 2. The third-order valence-corrected chi connectivity index (χ3v) is 7.04. The van der Waals surface area contributed by atoms with Crippen molar-refractivity contribution in [3.8, 4) is 11.8 Å². The normalized spacial score (nSPS) is 16.9. The van der Waals surface area contributed by atoms with Gasteiger partial charge in [-0.25, -0.2) is 13.6 Å². The number of piperazine rings is 1. The number of benzene rings is 3. The van der Waals surface area contributed by atoms with Crippen molar-refractivity contribution in [3.05, 3.63) is 101 Å². The second kappa shape index (κ2) is 11.5. The minimum atomic E-state index is -1.51. The van der Waals surface area contributed by atoms with E-state index < -0.39 is 34.8 Å². The summed E-state index contributed by atoms with van der Waals surface area (Å²) in [6, 6.07) is 18.0. The fourth-order valence-corrected chi connectivity index (χ4v) is 4.74. The number of carbonyl (C=O) groups excluding carboxylic acids is 3. The van der Waals surface area contributed by atoms with Gasteiger partial charge in [0.05, 0.1) is 0 Å². The van der Waals surface area contributed by atoms with Gasteiger partial charge in [-0.05, 0) is 49.2 Å². The highest BCUT2D eigenvalue weighted by Gasteiger charge is 2.48. The molecule has 1 saturated heterocycles. The molecule has 0 aromatic heterocycles. The molecule has 0 N–H and O–H groups in total. The highest BCUT2D eigenvalue weighted by atomic mass is 19.1. The summed E-state index contributed by atoms with van der Waals surface area (Å²) in [7, 11) is 1.24. The van der Waals surface area contributed by atoms with Gasteiger partial charge < -0.3 is 14.6 Å². The van der Waals surface area contributed by atoms with Crippen molar-refractivity contribution in [1.29, 1.82) is 0 Å². The number of carbonyl (C=O) groups is 3. The Kier molecular flexibility index (Phi) is 8.10. The molecule has 1 heterocycles. The Morgan fingerprint density at radius 1 is 1.00 bits per heavy atom. The van der Waals surface area contributed by atoms with E-state index in [1.54, 1.807) is 29.2 Å². The maximum absolute atomic E-state index is 15.1. The summed E-state index contributed by atoms with van der Waals surface area (Å²) in [6.45, 7) is 4.08. The first-order valence-corrected chi connectivity index (χ1v) is 12.5. The van der Waals surface area contributed by atoms with E-state index in [2.05, 4.69) is 11.8 Å². The Bertz CT molecular complexity index is 1440. The molecule has 1 atom stereocenters. The molecule has 8 heteroatoms. The quantitative estimate of drug-likeness (QED) is 0.348. The van der Waals surface area contributed by atoms with Crippen LogP contribution in [0.3, 0.4) is 0 Å². The predicted molar refractivity (Wildman–Crippen MR) is 145 cm³/mol. The summed E-state index contributed by atoms with van der Waals surface area (Å²) in [6.07, 6.45) is 0.325. The summed E-state index contributed by atoms with van der Waals surface area (Å²) in [4.78, 5) is 42.4. The van der Waals surface area contributed by atoms with E-state index in [0.29, 0.717) is 18.4 Å². The van der Waals surface area contributed by atoms with Crippen LogP contribution in [-0.4, -0.2) is 53.7 Å². The van der Waals surface area contributed by atoms with Gasteiger partial charge in [-0.1, -0.05) is 54.3 Å². The first kappa shape index (κ1) is 27.5. The second-order valence-corrected chi connectivity index (χ2v) is 9.70. The molecule has 1 aliphatic rings. The third-order valence-electron chi connectivity index (χ3n) is 7.04. The summed E-state index contributed by atoms with van der Waals surface area (Å²) >= 11 is 0. The summed E-state index contributed by atoms with van der Waals surface area (Å²) < 4.78 is 30.2. The first-order chi connectivity index (χ1) is 18.7. The highest BCUT2D eigenvalue weighted by Crippen LogP contribution is 2.31. The van der Waals surface area contributed by atoms with Gasteiger partial charge in [-0.2, -0.15) is 0 Å². The van der Waals surface area contributed by atoms with Gasteiger partial charge in [-0.15, -0.1) is 0 Å². The molecule has 3 aromatic carbocycles. The predicted octanol–water partition coefficient (Wildman–Crippen LogP) is 4.92. The van der Waals surface area contributed by atoms with Crippen molar-refractivity contribution in [1.82, 2.24) is 9.80 Å². The molecule has 4 rings (SSSR count). The van der Waals surface area contributed by atoms with Crippen molar-refractivity contribution < 1.29 is 23.2 Å². The molecule has 3 amide bonds. The molecule has 200 valence electrons. The van der Waals surface area contributed by atoms with Gasteiger partial charge in [0.1, 0.15) is 17.5 Å². The smallest absolute Gasteiger partial charge is 0.325 e. The number of aryl methyl sites for hydroxylation is 1. The van der Waals surface area contributed by atoms with Crippen LogP contribution in [0.5, 0.6) is 0 Å². The van der Waals surface area contributed by atoms with Crippen molar-refractivity contribution in [2.24, 2.45) is 0 Å². The van der Waals surface area contributed by atoms with E-state index in [1.807, 2.05) is 37.3 Å². The fraction of sp³-hybridized carbons (Fsp3) is 0.258. The number of anilines is 1. The largest absolute Gasteiger partial charge is 0.335 e. The van der Waals surface area contributed by atoms with Crippen LogP contribution in [0.4, 0.5) is 19.3 Å². The Morgan fingerprint density at radius 3 is 2.26 bits per heavy atom. The van der Waals surface area contributed by atoms with Crippen LogP contribution < -0.4 is 4.90 Å². The molecule has 1 unspecified atom stereocenters. The molecule has 1 aliphatic heterocycles. The number of urea groups is 1. The van der Waals surface area contributed by atoms with Gasteiger partial charge in [0.15, 0.2) is 11.6 Å². The Balaban J connectivity index is 1.58. The van der Waals surface area contributed by atoms with E-state index in [4.69, 9.17) is 0 Å². The average Bonchev–Trinajstić information content (AvgIpc) is 2.91. The lowest BCUT2D eigenvalue weighted by atomic mass is 9.91. The minimum absolute atomic E-state index is 0.0923. The highest BCUT2D eigenvalue weighted by molar-refractivity contribution is 5.99. The standard InChI is InChI=1S/C31H29F2N3O3/c1-22-9-7-8-12-25(22)21-35-16-17-36(31(2,15-18-37)29(35)38)30(39)34(3)28-26(32)19-24(20-27(28)33)14-13-23-10-5-4-6-11-23/h4-12,18-20H,15-17,21H2,1-3H3. The van der Waals surface area contributed by atoms with Crippen LogP contribution in [0.15, 0.2) is 66.7 Å². The molecule has 39 heavy (non-hydrogen) atoms. The van der Waals surface area contributed by atoms with Crippen LogP contribution in [0.2, 0.25) is 0 Å². The van der Waals surface area contributed by atoms with Crippen molar-refractivity contribution >= 4 is 23.9 Å². The second-order valence-electron chi connectivity index (χ2n) is 9.70. The minimum Gasteiger partial charge on any atom is -0.335 e. The topological polar surface area (TPSA) is 60.9 Å². The van der Waals surface area contributed by atoms with Gasteiger partial charge in [0, 0.05) is 44.2 Å². The fourth-order valence-electron chi connectivity index (χ4n) is 4.74. The van der Waals surface area contributed by atoms with Gasteiger partial charge in [-0.3, -0.25) is 9.69 Å². The number of rotatable bonds is 5. The number of aldehydes is 1. The van der Waals surface area contributed by atoms with Crippen molar-refractivity contribution in [2.75, 3.05) is 25.0 Å². The molecule has 1 fully saturated rings. The lowest BCUT2D eigenvalue weighted by molar-refractivity contribution is -0.149. The lowest BCUT2D eigenvalue weighted by Crippen LogP contribution is -2.67. The van der Waals surface area contributed by atoms with E-state index in [9.17, 15) is 14.4 Å². The van der Waals surface area contributed by atoms with E-state index >= 15 is 8.78 Å². The molecule has 0 aliphatic carbocycles. The number of amides is 3. The zero-order chi connectivity index (χ0) is 28.2. The number of hydrogen-bond acceptors (Lipinski definition) is 3. The van der Waals surface area contributed by atoms with E-state index in [1.165, 1.54) is 18.9 Å². The van der Waals surface area contributed by atoms with Gasteiger partial charge >= 0.3 is 6.03 Å². The molecule has 0 saturated carbocycles. The number of nitrogens with zero attached hydrogens (tertiary/aromatic N) is 3. The Hall–Kier alpha value is -4.51. The van der Waals surface area contributed by atoms with Crippen LogP contribution in [-0.2, 0) is 16.1 Å². The van der Waals surface area contributed by atoms with Crippen LogP contribution in [0.25, 0.3) is 0 Å². The van der Waals surface area contributed by atoms with Gasteiger partial charge in [0.2, 0.25) is 5.91 Å². The molecule has 0 bridgehead atoms. The monoisotopic (exact) mass is 529 g/mol. The molecule has 6 nitrogen and oxygen atoms in total. The summed E-state index contributed by atoms with van der Waals surface area (Å²) in [5, 5.41) is 0. The van der Waals surface area contributed by atoms with Gasteiger partial charge in [0.25, 0.3) is 0 Å². The summed E-state index contributed by atoms with van der Waals surface area (Å²) in [5.41, 5.74) is 0.703. The lowest BCUT2D eigenvalue weighted by Gasteiger charge is -2.48. The maximum Gasteiger partial charge on any atom is 0.325 e. The zero-order valence-electron chi connectivity index (χ0n) is 22.1. The van der Waals surface area contributed by atoms with E-state index in [0.717, 1.165) is 28.2 Å². The molecular weight excluding hydrogens is 500 g/mol. The van der Waals surface area contributed by atoms with Crippen LogP contribution >= 0.6 is 0 Å². The maximum atomic E-state index is 15.1.